The van der Waals surface area contributed by atoms with Crippen LogP contribution in [0.1, 0.15) is 44.2 Å². The van der Waals surface area contributed by atoms with Gasteiger partial charge in [0, 0.05) is 13.1 Å². The molecule has 2 rings (SSSR count). The van der Waals surface area contributed by atoms with Gasteiger partial charge in [0.15, 0.2) is 0 Å². The summed E-state index contributed by atoms with van der Waals surface area (Å²) in [6, 6.07) is 8.40. The summed E-state index contributed by atoms with van der Waals surface area (Å²) in [5, 5.41) is 6.40. The van der Waals surface area contributed by atoms with Crippen molar-refractivity contribution in [2.45, 2.75) is 52.2 Å². The quantitative estimate of drug-likeness (QED) is 0.769. The Hall–Kier alpha value is -0.810. The molecule has 1 heterocycles. The third-order valence-corrected chi connectivity index (χ3v) is 4.49. The predicted molar refractivity (Wildman–Crippen MR) is 105 cm³/mol. The van der Waals surface area contributed by atoms with Crippen LogP contribution < -0.4 is 10.6 Å². The van der Waals surface area contributed by atoms with Crippen molar-refractivity contribution in [1.82, 2.24) is 15.5 Å². The SMILES string of the molecule is CCN(CC)Cc1ccccc1CNC(=O)C1CCCCN1.Cl.Cl. The molecule has 0 aliphatic carbocycles. The molecular formula is C18H31Cl2N3O. The number of rotatable bonds is 7. The van der Waals surface area contributed by atoms with Gasteiger partial charge in [-0.05, 0) is 43.6 Å². The molecule has 1 fully saturated rings. The zero-order valence-electron chi connectivity index (χ0n) is 14.7. The van der Waals surface area contributed by atoms with Gasteiger partial charge in [-0.2, -0.15) is 0 Å². The van der Waals surface area contributed by atoms with Crippen molar-refractivity contribution in [3.8, 4) is 0 Å². The lowest BCUT2D eigenvalue weighted by atomic mass is 10.0. The average Bonchev–Trinajstić information content (AvgIpc) is 2.59. The first kappa shape index (κ1) is 23.2. The van der Waals surface area contributed by atoms with Gasteiger partial charge in [0.2, 0.25) is 5.91 Å². The molecule has 1 aliphatic heterocycles. The van der Waals surface area contributed by atoms with Crippen molar-refractivity contribution in [2.75, 3.05) is 19.6 Å². The summed E-state index contributed by atoms with van der Waals surface area (Å²) in [7, 11) is 0. The Kier molecular flexibility index (Phi) is 12.1. The molecule has 2 N–H and O–H groups in total. The van der Waals surface area contributed by atoms with Crippen LogP contribution in [0.3, 0.4) is 0 Å². The molecule has 1 amide bonds. The number of benzene rings is 1. The minimum Gasteiger partial charge on any atom is -0.351 e. The summed E-state index contributed by atoms with van der Waals surface area (Å²) in [6.45, 7) is 8.98. The van der Waals surface area contributed by atoms with Crippen LogP contribution in [0.15, 0.2) is 24.3 Å². The highest BCUT2D eigenvalue weighted by atomic mass is 35.5. The highest BCUT2D eigenvalue weighted by molar-refractivity contribution is 5.85. The van der Waals surface area contributed by atoms with Gasteiger partial charge in [-0.25, -0.2) is 0 Å². The number of hydrogen-bond donors (Lipinski definition) is 2. The van der Waals surface area contributed by atoms with E-state index in [1.54, 1.807) is 0 Å². The molecule has 0 aromatic heterocycles. The van der Waals surface area contributed by atoms with E-state index in [4.69, 9.17) is 0 Å². The number of hydrogen-bond acceptors (Lipinski definition) is 3. The largest absolute Gasteiger partial charge is 0.351 e. The van der Waals surface area contributed by atoms with Crippen LogP contribution in [-0.4, -0.2) is 36.5 Å². The number of carbonyl (C=O) groups is 1. The van der Waals surface area contributed by atoms with Gasteiger partial charge >= 0.3 is 0 Å². The van der Waals surface area contributed by atoms with Crippen LogP contribution >= 0.6 is 24.8 Å². The van der Waals surface area contributed by atoms with E-state index in [0.717, 1.165) is 39.0 Å². The molecule has 1 aliphatic rings. The molecular weight excluding hydrogens is 345 g/mol. The second kappa shape index (κ2) is 12.5. The Morgan fingerprint density at radius 1 is 1.17 bits per heavy atom. The maximum atomic E-state index is 12.2. The fraction of sp³-hybridized carbons (Fsp3) is 0.611. The van der Waals surface area contributed by atoms with Crippen LogP contribution in [0, 0.1) is 0 Å². The lowest BCUT2D eigenvalue weighted by Crippen LogP contribution is -2.46. The Labute approximate surface area is 158 Å². The van der Waals surface area contributed by atoms with Gasteiger partial charge in [0.05, 0.1) is 6.04 Å². The lowest BCUT2D eigenvalue weighted by molar-refractivity contribution is -0.123. The highest BCUT2D eigenvalue weighted by Crippen LogP contribution is 2.12. The molecule has 0 bridgehead atoms. The highest BCUT2D eigenvalue weighted by Gasteiger charge is 2.20. The van der Waals surface area contributed by atoms with Crippen molar-refractivity contribution in [1.29, 1.82) is 0 Å². The summed E-state index contributed by atoms with van der Waals surface area (Å²) in [4.78, 5) is 14.6. The van der Waals surface area contributed by atoms with E-state index >= 15 is 0 Å². The normalized spacial score (nSPS) is 16.9. The Morgan fingerprint density at radius 2 is 1.83 bits per heavy atom. The van der Waals surface area contributed by atoms with E-state index in [9.17, 15) is 4.79 Å². The number of halogens is 2. The van der Waals surface area contributed by atoms with E-state index in [1.165, 1.54) is 17.5 Å². The van der Waals surface area contributed by atoms with Crippen LogP contribution in [0.4, 0.5) is 0 Å². The van der Waals surface area contributed by atoms with E-state index < -0.39 is 0 Å². The van der Waals surface area contributed by atoms with Crippen LogP contribution in [0.2, 0.25) is 0 Å². The minimum absolute atomic E-state index is 0. The molecule has 138 valence electrons. The van der Waals surface area contributed by atoms with Crippen molar-refractivity contribution in [3.05, 3.63) is 35.4 Å². The van der Waals surface area contributed by atoms with E-state index in [-0.39, 0.29) is 36.8 Å². The lowest BCUT2D eigenvalue weighted by Gasteiger charge is -2.23. The Balaban J connectivity index is 0.00000264. The molecule has 1 aromatic rings. The standard InChI is InChI=1S/C18H29N3O.2ClH/c1-3-21(4-2)14-16-10-6-5-9-15(16)13-20-18(22)17-11-7-8-12-19-17;;/h5-6,9-10,17,19H,3-4,7-8,11-14H2,1-2H3,(H,20,22);2*1H. The van der Waals surface area contributed by atoms with Gasteiger partial charge in [-0.1, -0.05) is 44.5 Å². The van der Waals surface area contributed by atoms with E-state index in [2.05, 4.69) is 47.6 Å². The topological polar surface area (TPSA) is 44.4 Å². The number of amides is 1. The number of nitrogens with zero attached hydrogens (tertiary/aromatic N) is 1. The fourth-order valence-electron chi connectivity index (χ4n) is 2.95. The van der Waals surface area contributed by atoms with Gasteiger partial charge < -0.3 is 10.6 Å². The van der Waals surface area contributed by atoms with Crippen LogP contribution in [-0.2, 0) is 17.9 Å². The second-order valence-corrected chi connectivity index (χ2v) is 5.95. The predicted octanol–water partition coefficient (Wildman–Crippen LogP) is 3.13. The first-order valence-electron chi connectivity index (χ1n) is 8.54. The number of nitrogens with one attached hydrogen (secondary N) is 2. The maximum Gasteiger partial charge on any atom is 0.237 e. The van der Waals surface area contributed by atoms with Crippen LogP contribution in [0.5, 0.6) is 0 Å². The summed E-state index contributed by atoms with van der Waals surface area (Å²) in [6.07, 6.45) is 3.27. The molecule has 1 saturated heterocycles. The second-order valence-electron chi connectivity index (χ2n) is 5.95. The van der Waals surface area contributed by atoms with Crippen LogP contribution in [0.25, 0.3) is 0 Å². The first-order valence-corrected chi connectivity index (χ1v) is 8.54. The van der Waals surface area contributed by atoms with Gasteiger partial charge in [-0.15, -0.1) is 24.8 Å². The third kappa shape index (κ3) is 6.98. The van der Waals surface area contributed by atoms with Gasteiger partial charge in [0.25, 0.3) is 0 Å². The first-order chi connectivity index (χ1) is 10.7. The molecule has 0 spiro atoms. The fourth-order valence-corrected chi connectivity index (χ4v) is 2.95. The smallest absolute Gasteiger partial charge is 0.237 e. The summed E-state index contributed by atoms with van der Waals surface area (Å²) < 4.78 is 0. The van der Waals surface area contributed by atoms with Crippen molar-refractivity contribution >= 4 is 30.7 Å². The molecule has 6 heteroatoms. The van der Waals surface area contributed by atoms with Crippen molar-refractivity contribution in [3.63, 3.8) is 0 Å². The third-order valence-electron chi connectivity index (χ3n) is 4.49. The Bertz CT molecular complexity index is 475. The summed E-state index contributed by atoms with van der Waals surface area (Å²) in [5.74, 6) is 0.136. The molecule has 24 heavy (non-hydrogen) atoms. The molecule has 1 unspecified atom stereocenters. The maximum absolute atomic E-state index is 12.2. The zero-order valence-corrected chi connectivity index (χ0v) is 16.3. The van der Waals surface area contributed by atoms with Crippen molar-refractivity contribution < 1.29 is 4.79 Å². The van der Waals surface area contributed by atoms with E-state index in [1.807, 2.05) is 6.07 Å². The monoisotopic (exact) mass is 375 g/mol. The molecule has 4 nitrogen and oxygen atoms in total. The summed E-state index contributed by atoms with van der Waals surface area (Å²) in [5.41, 5.74) is 2.53. The van der Waals surface area contributed by atoms with Gasteiger partial charge in [0.1, 0.15) is 0 Å². The van der Waals surface area contributed by atoms with Gasteiger partial charge in [-0.3, -0.25) is 9.69 Å². The summed E-state index contributed by atoms with van der Waals surface area (Å²) >= 11 is 0. The number of carbonyl (C=O) groups excluding carboxylic acids is 1. The minimum atomic E-state index is -0.0105. The van der Waals surface area contributed by atoms with E-state index in [0.29, 0.717) is 6.54 Å². The molecule has 1 atom stereocenters. The Morgan fingerprint density at radius 3 is 2.42 bits per heavy atom. The zero-order chi connectivity index (χ0) is 15.8. The van der Waals surface area contributed by atoms with Crippen molar-refractivity contribution in [2.24, 2.45) is 0 Å². The average molecular weight is 376 g/mol. The molecule has 0 radical (unpaired) electrons. The molecule has 0 saturated carbocycles. The molecule has 1 aromatic carbocycles. The number of piperidine rings is 1.